The highest BCUT2D eigenvalue weighted by molar-refractivity contribution is 8.27. The summed E-state index contributed by atoms with van der Waals surface area (Å²) in [5.41, 5.74) is 1.54. The third-order valence-electron chi connectivity index (χ3n) is 3.43. The summed E-state index contributed by atoms with van der Waals surface area (Å²) in [5, 5.41) is 19.7. The third kappa shape index (κ3) is 3.42. The Morgan fingerprint density at radius 2 is 1.96 bits per heavy atom. The molecule has 0 radical (unpaired) electrons. The van der Waals surface area contributed by atoms with Crippen LogP contribution in [0.15, 0.2) is 53.4 Å². The normalized spacial score (nSPS) is 15.5. The van der Waals surface area contributed by atoms with Crippen LogP contribution in [0.1, 0.15) is 11.1 Å². The van der Waals surface area contributed by atoms with Crippen molar-refractivity contribution in [2.24, 2.45) is 0 Å². The molecule has 2 aromatic carbocycles. The highest BCUT2D eigenvalue weighted by atomic mass is 32.2. The molecule has 1 aliphatic heterocycles. The fourth-order valence-electron chi connectivity index (χ4n) is 2.24. The van der Waals surface area contributed by atoms with E-state index < -0.39 is 4.92 Å². The maximum absolute atomic E-state index is 12.7. The number of hydrogen-bond donors (Lipinski definition) is 0. The quantitative estimate of drug-likeness (QED) is 0.354. The van der Waals surface area contributed by atoms with Crippen molar-refractivity contribution in [3.8, 4) is 6.07 Å². The van der Waals surface area contributed by atoms with Crippen molar-refractivity contribution in [2.75, 3.05) is 4.90 Å². The Bertz CT molecular complexity index is 962. The Labute approximate surface area is 152 Å². The van der Waals surface area contributed by atoms with Crippen molar-refractivity contribution in [3.05, 3.63) is 74.7 Å². The second-order valence-corrected chi connectivity index (χ2v) is 6.70. The predicted molar refractivity (Wildman–Crippen MR) is 99.9 cm³/mol. The molecule has 0 atom stereocenters. The number of anilines is 1. The second kappa shape index (κ2) is 6.84. The van der Waals surface area contributed by atoms with Crippen molar-refractivity contribution in [1.82, 2.24) is 0 Å². The van der Waals surface area contributed by atoms with Crippen molar-refractivity contribution >= 4 is 51.7 Å². The molecule has 3 rings (SSSR count). The lowest BCUT2D eigenvalue weighted by Gasteiger charge is -2.13. The maximum atomic E-state index is 12.7. The lowest BCUT2D eigenvalue weighted by molar-refractivity contribution is -0.384. The fraction of sp³-hybridized carbons (Fsp3) is 0. The lowest BCUT2D eigenvalue weighted by atomic mass is 10.1. The largest absolute Gasteiger partial charge is 0.271 e. The van der Waals surface area contributed by atoms with Crippen molar-refractivity contribution in [1.29, 1.82) is 5.26 Å². The van der Waals surface area contributed by atoms with Crippen molar-refractivity contribution < 1.29 is 9.72 Å². The smallest absolute Gasteiger partial charge is 0.268 e. The molecular formula is C17H9N3O3S2. The molecule has 1 saturated heterocycles. The Morgan fingerprint density at radius 3 is 2.60 bits per heavy atom. The molecule has 0 aromatic heterocycles. The molecule has 1 amide bonds. The first-order valence-electron chi connectivity index (χ1n) is 7.02. The molecule has 0 aliphatic carbocycles. The van der Waals surface area contributed by atoms with Gasteiger partial charge >= 0.3 is 0 Å². The summed E-state index contributed by atoms with van der Waals surface area (Å²) < 4.78 is 0.311. The zero-order valence-electron chi connectivity index (χ0n) is 12.6. The van der Waals surface area contributed by atoms with Crippen LogP contribution in [0.4, 0.5) is 11.4 Å². The molecule has 8 heteroatoms. The number of benzene rings is 2. The zero-order chi connectivity index (χ0) is 18.0. The molecule has 0 spiro atoms. The molecule has 1 fully saturated rings. The molecular weight excluding hydrogens is 358 g/mol. The van der Waals surface area contributed by atoms with Gasteiger partial charge in [-0.05, 0) is 29.8 Å². The standard InChI is InChI=1S/C17H9N3O3S2/c18-10-12-6-4-11(5-7-12)8-15-16(21)19(17(24)25-15)13-2-1-3-14(9-13)20(22)23/h1-9H. The van der Waals surface area contributed by atoms with Gasteiger partial charge in [-0.25, -0.2) is 0 Å². The van der Waals surface area contributed by atoms with E-state index in [4.69, 9.17) is 17.5 Å². The van der Waals surface area contributed by atoms with E-state index in [0.717, 1.165) is 17.3 Å². The number of nitro groups is 1. The van der Waals surface area contributed by atoms with Gasteiger partial charge in [-0.1, -0.05) is 42.2 Å². The van der Waals surface area contributed by atoms with E-state index in [1.165, 1.54) is 23.1 Å². The van der Waals surface area contributed by atoms with E-state index in [1.54, 1.807) is 36.4 Å². The molecule has 122 valence electrons. The van der Waals surface area contributed by atoms with Crippen molar-refractivity contribution in [2.45, 2.75) is 0 Å². The first-order valence-corrected chi connectivity index (χ1v) is 8.24. The van der Waals surface area contributed by atoms with Gasteiger partial charge < -0.3 is 0 Å². The molecule has 1 heterocycles. The highest BCUT2D eigenvalue weighted by Gasteiger charge is 2.33. The number of hydrogen-bond acceptors (Lipinski definition) is 6. The Balaban J connectivity index is 1.92. The zero-order valence-corrected chi connectivity index (χ0v) is 14.2. The lowest BCUT2D eigenvalue weighted by Crippen LogP contribution is -2.27. The number of non-ortho nitro benzene ring substituents is 1. The van der Waals surface area contributed by atoms with E-state index in [9.17, 15) is 14.9 Å². The number of carbonyl (C=O) groups excluding carboxylic acids is 1. The number of thiocarbonyl (C=S) groups is 1. The van der Waals surface area contributed by atoms with E-state index >= 15 is 0 Å². The van der Waals surface area contributed by atoms with Gasteiger partial charge in [0.2, 0.25) is 0 Å². The fourth-order valence-corrected chi connectivity index (χ4v) is 3.54. The third-order valence-corrected chi connectivity index (χ3v) is 4.73. The van der Waals surface area contributed by atoms with Crippen LogP contribution in [0.2, 0.25) is 0 Å². The number of carbonyl (C=O) groups is 1. The van der Waals surface area contributed by atoms with Crippen LogP contribution in [-0.4, -0.2) is 15.2 Å². The average molecular weight is 367 g/mol. The van der Waals surface area contributed by atoms with Gasteiger partial charge in [0.25, 0.3) is 11.6 Å². The summed E-state index contributed by atoms with van der Waals surface area (Å²) in [4.78, 5) is 24.7. The number of amides is 1. The molecule has 1 aliphatic rings. The van der Waals surface area contributed by atoms with Crippen LogP contribution in [0.25, 0.3) is 6.08 Å². The molecule has 0 N–H and O–H groups in total. The summed E-state index contributed by atoms with van der Waals surface area (Å²) >= 11 is 6.39. The van der Waals surface area contributed by atoms with Crippen LogP contribution in [0, 0.1) is 21.4 Å². The second-order valence-electron chi connectivity index (χ2n) is 5.03. The van der Waals surface area contributed by atoms with Gasteiger partial charge in [-0.3, -0.25) is 19.8 Å². The van der Waals surface area contributed by atoms with E-state index in [-0.39, 0.29) is 11.6 Å². The van der Waals surface area contributed by atoms with Gasteiger partial charge in [0.1, 0.15) is 0 Å². The van der Waals surface area contributed by atoms with Gasteiger partial charge in [0.05, 0.1) is 27.1 Å². The minimum absolute atomic E-state index is 0.109. The van der Waals surface area contributed by atoms with Crippen molar-refractivity contribution in [3.63, 3.8) is 0 Å². The number of thioether (sulfide) groups is 1. The highest BCUT2D eigenvalue weighted by Crippen LogP contribution is 2.36. The molecule has 2 aromatic rings. The van der Waals surface area contributed by atoms with Gasteiger partial charge in [0, 0.05) is 12.1 Å². The molecule has 0 unspecified atom stereocenters. The number of nitro benzene ring substituents is 1. The van der Waals surface area contributed by atoms with Crippen LogP contribution in [0.5, 0.6) is 0 Å². The summed E-state index contributed by atoms with van der Waals surface area (Å²) in [7, 11) is 0. The van der Waals surface area contributed by atoms with Crippen LogP contribution >= 0.6 is 24.0 Å². The van der Waals surface area contributed by atoms with E-state index in [1.807, 2.05) is 6.07 Å². The Kier molecular flexibility index (Phi) is 4.61. The first kappa shape index (κ1) is 16.8. The summed E-state index contributed by atoms with van der Waals surface area (Å²) in [6, 6.07) is 14.6. The van der Waals surface area contributed by atoms with Gasteiger partial charge in [-0.15, -0.1) is 0 Å². The van der Waals surface area contributed by atoms with Crippen LogP contribution in [-0.2, 0) is 4.79 Å². The minimum atomic E-state index is -0.520. The average Bonchev–Trinajstić information content (AvgIpc) is 2.89. The first-order chi connectivity index (χ1) is 12.0. The van der Waals surface area contributed by atoms with Gasteiger partial charge in [-0.2, -0.15) is 5.26 Å². The SMILES string of the molecule is N#Cc1ccc(C=C2SC(=S)N(c3cccc([N+](=O)[O-])c3)C2=O)cc1. The van der Waals surface area contributed by atoms with Gasteiger partial charge in [0.15, 0.2) is 4.32 Å². The minimum Gasteiger partial charge on any atom is -0.268 e. The van der Waals surface area contributed by atoms with E-state index in [2.05, 4.69) is 0 Å². The number of nitrogens with zero attached hydrogens (tertiary/aromatic N) is 3. The summed E-state index contributed by atoms with van der Waals surface area (Å²) in [6.07, 6.45) is 1.68. The van der Waals surface area contributed by atoms with Crippen LogP contribution in [0.3, 0.4) is 0 Å². The predicted octanol–water partition coefficient (Wildman–Crippen LogP) is 3.87. The molecule has 6 nitrogen and oxygen atoms in total. The topological polar surface area (TPSA) is 87.2 Å². The monoisotopic (exact) mass is 367 g/mol. The molecule has 25 heavy (non-hydrogen) atoms. The molecule has 0 saturated carbocycles. The van der Waals surface area contributed by atoms with E-state index in [0.29, 0.717) is 20.5 Å². The number of nitriles is 1. The number of rotatable bonds is 3. The summed E-state index contributed by atoms with van der Waals surface area (Å²) in [5.74, 6) is -0.333. The maximum Gasteiger partial charge on any atom is 0.271 e. The summed E-state index contributed by atoms with van der Waals surface area (Å²) in [6.45, 7) is 0. The molecule has 0 bridgehead atoms. The Hall–Kier alpha value is -3.02. The Morgan fingerprint density at radius 1 is 1.24 bits per heavy atom. The van der Waals surface area contributed by atoms with Crippen LogP contribution < -0.4 is 4.90 Å².